The van der Waals surface area contributed by atoms with Crippen LogP contribution >= 0.6 is 0 Å². The van der Waals surface area contributed by atoms with Crippen LogP contribution in [0.25, 0.3) is 0 Å². The molecule has 0 N–H and O–H groups in total. The molecule has 1 aliphatic heterocycles. The summed E-state index contributed by atoms with van der Waals surface area (Å²) in [5.41, 5.74) is 1.32. The highest BCUT2D eigenvalue weighted by atomic mass is 16.5. The average Bonchev–Trinajstić information content (AvgIpc) is 2.69. The molecule has 0 aliphatic carbocycles. The van der Waals surface area contributed by atoms with Gasteiger partial charge in [-0.15, -0.1) is 0 Å². The van der Waals surface area contributed by atoms with E-state index in [0.29, 0.717) is 18.1 Å². The number of benzene rings is 1. The maximum Gasteiger partial charge on any atom is 0.123 e. The molecule has 0 spiro atoms. The van der Waals surface area contributed by atoms with E-state index in [-0.39, 0.29) is 0 Å². The molecule has 1 fully saturated rings. The topological polar surface area (TPSA) is 12.5 Å². The van der Waals surface area contributed by atoms with Gasteiger partial charge in [0.05, 0.1) is 0 Å². The van der Waals surface area contributed by atoms with Crippen LogP contribution in [0.1, 0.15) is 52.0 Å². The van der Waals surface area contributed by atoms with Gasteiger partial charge in [-0.25, -0.2) is 0 Å². The Hall–Kier alpha value is -1.02. The van der Waals surface area contributed by atoms with E-state index in [4.69, 9.17) is 4.74 Å². The van der Waals surface area contributed by atoms with Gasteiger partial charge in [-0.05, 0) is 36.9 Å². The maximum atomic E-state index is 6.31. The molecule has 1 aromatic rings. The summed E-state index contributed by atoms with van der Waals surface area (Å²) < 4.78 is 6.31. The number of para-hydroxylation sites is 1. The van der Waals surface area contributed by atoms with E-state index in [1.54, 1.807) is 0 Å². The highest BCUT2D eigenvalue weighted by Crippen LogP contribution is 2.30. The van der Waals surface area contributed by atoms with Crippen molar-refractivity contribution < 1.29 is 4.74 Å². The molecule has 0 aromatic heterocycles. The van der Waals surface area contributed by atoms with Gasteiger partial charge in [-0.1, -0.05) is 45.9 Å². The van der Waals surface area contributed by atoms with Crippen molar-refractivity contribution in [3.63, 3.8) is 0 Å². The van der Waals surface area contributed by atoms with Gasteiger partial charge in [-0.2, -0.15) is 0 Å². The van der Waals surface area contributed by atoms with Gasteiger partial charge >= 0.3 is 0 Å². The fourth-order valence-corrected chi connectivity index (χ4v) is 3.18. The molecular weight excluding hydrogens is 246 g/mol. The lowest BCUT2D eigenvalue weighted by atomic mass is 10.0. The zero-order chi connectivity index (χ0) is 14.7. The van der Waals surface area contributed by atoms with E-state index >= 15 is 0 Å². The minimum Gasteiger partial charge on any atom is -0.489 e. The summed E-state index contributed by atoms with van der Waals surface area (Å²) in [4.78, 5) is 2.46. The Morgan fingerprint density at radius 3 is 2.55 bits per heavy atom. The molecule has 2 rings (SSSR count). The van der Waals surface area contributed by atoms with Crippen LogP contribution in [0.5, 0.6) is 5.75 Å². The second kappa shape index (κ2) is 6.62. The van der Waals surface area contributed by atoms with Gasteiger partial charge in [0.1, 0.15) is 11.9 Å². The fraction of sp³-hybridized carbons (Fsp3) is 0.667. The molecule has 2 nitrogen and oxygen atoms in total. The third-order valence-electron chi connectivity index (χ3n) is 4.23. The van der Waals surface area contributed by atoms with Crippen molar-refractivity contribution in [1.29, 1.82) is 0 Å². The SMILES string of the molecule is CC(C)C[C@@H]1CC(Oc2ccccc2C(C)C)CN1C. The Kier molecular flexibility index (Phi) is 5.09. The first-order valence-electron chi connectivity index (χ1n) is 7.93. The Balaban J connectivity index is 2.01. The number of rotatable bonds is 5. The Labute approximate surface area is 124 Å². The average molecular weight is 275 g/mol. The molecule has 1 saturated heterocycles. The molecule has 0 bridgehead atoms. The summed E-state index contributed by atoms with van der Waals surface area (Å²) in [5, 5.41) is 0. The van der Waals surface area contributed by atoms with Crippen molar-refractivity contribution in [2.24, 2.45) is 5.92 Å². The van der Waals surface area contributed by atoms with Crippen LogP contribution in [-0.2, 0) is 0 Å². The first-order chi connectivity index (χ1) is 9.47. The summed E-state index contributed by atoms with van der Waals surface area (Å²) in [6, 6.07) is 9.15. The van der Waals surface area contributed by atoms with Crippen LogP contribution in [0.2, 0.25) is 0 Å². The summed E-state index contributed by atoms with van der Waals surface area (Å²) in [6.45, 7) is 10.1. The Morgan fingerprint density at radius 1 is 1.20 bits per heavy atom. The number of hydrogen-bond donors (Lipinski definition) is 0. The largest absolute Gasteiger partial charge is 0.489 e. The van der Waals surface area contributed by atoms with E-state index in [1.165, 1.54) is 12.0 Å². The lowest BCUT2D eigenvalue weighted by molar-refractivity contribution is 0.205. The predicted octanol–water partition coefficient (Wildman–Crippen LogP) is 4.31. The quantitative estimate of drug-likeness (QED) is 0.794. The number of nitrogens with zero attached hydrogens (tertiary/aromatic N) is 1. The van der Waals surface area contributed by atoms with E-state index in [2.05, 4.69) is 63.9 Å². The molecular formula is C18H29NO. The molecule has 0 amide bonds. The Morgan fingerprint density at radius 2 is 1.90 bits per heavy atom. The molecule has 20 heavy (non-hydrogen) atoms. The first kappa shape index (κ1) is 15.4. The number of likely N-dealkylation sites (tertiary alicyclic amines) is 1. The second-order valence-corrected chi connectivity index (χ2v) is 6.89. The van der Waals surface area contributed by atoms with Crippen molar-refractivity contribution in [3.8, 4) is 5.75 Å². The van der Waals surface area contributed by atoms with Crippen molar-refractivity contribution >= 4 is 0 Å². The molecule has 1 heterocycles. The lowest BCUT2D eigenvalue weighted by Gasteiger charge is -2.20. The molecule has 112 valence electrons. The second-order valence-electron chi connectivity index (χ2n) is 6.89. The zero-order valence-corrected chi connectivity index (χ0v) is 13.6. The van der Waals surface area contributed by atoms with Gasteiger partial charge in [-0.3, -0.25) is 4.90 Å². The van der Waals surface area contributed by atoms with E-state index in [9.17, 15) is 0 Å². The first-order valence-corrected chi connectivity index (χ1v) is 7.93. The van der Waals surface area contributed by atoms with Gasteiger partial charge in [0.15, 0.2) is 0 Å². The Bertz CT molecular complexity index is 427. The van der Waals surface area contributed by atoms with Crippen molar-refractivity contribution in [2.75, 3.05) is 13.6 Å². The molecule has 0 saturated carbocycles. The molecule has 2 atom stereocenters. The third-order valence-corrected chi connectivity index (χ3v) is 4.23. The highest BCUT2D eigenvalue weighted by molar-refractivity contribution is 5.35. The van der Waals surface area contributed by atoms with E-state index < -0.39 is 0 Å². The summed E-state index contributed by atoms with van der Waals surface area (Å²) >= 11 is 0. The minimum atomic E-state index is 0.337. The van der Waals surface area contributed by atoms with Crippen molar-refractivity contribution in [2.45, 2.75) is 58.6 Å². The highest BCUT2D eigenvalue weighted by Gasteiger charge is 2.31. The van der Waals surface area contributed by atoms with Crippen LogP contribution < -0.4 is 4.74 Å². The molecule has 1 aromatic carbocycles. The summed E-state index contributed by atoms with van der Waals surface area (Å²) in [5.74, 6) is 2.34. The minimum absolute atomic E-state index is 0.337. The molecule has 0 radical (unpaired) electrons. The normalized spacial score (nSPS) is 23.8. The van der Waals surface area contributed by atoms with Gasteiger partial charge < -0.3 is 4.74 Å². The van der Waals surface area contributed by atoms with Crippen LogP contribution in [0.3, 0.4) is 0 Å². The van der Waals surface area contributed by atoms with Crippen LogP contribution in [-0.4, -0.2) is 30.6 Å². The van der Waals surface area contributed by atoms with E-state index in [0.717, 1.165) is 24.6 Å². The van der Waals surface area contributed by atoms with Crippen LogP contribution in [0.4, 0.5) is 0 Å². The summed E-state index contributed by atoms with van der Waals surface area (Å²) in [7, 11) is 2.23. The molecule has 1 unspecified atom stereocenters. The third kappa shape index (κ3) is 3.76. The maximum absolute atomic E-state index is 6.31. The molecule has 1 aliphatic rings. The van der Waals surface area contributed by atoms with E-state index in [1.807, 2.05) is 0 Å². The summed E-state index contributed by atoms with van der Waals surface area (Å²) in [6.07, 6.45) is 2.76. The van der Waals surface area contributed by atoms with Gasteiger partial charge in [0, 0.05) is 19.0 Å². The fourth-order valence-electron chi connectivity index (χ4n) is 3.18. The lowest BCUT2D eigenvalue weighted by Crippen LogP contribution is -2.26. The zero-order valence-electron chi connectivity index (χ0n) is 13.6. The predicted molar refractivity (Wildman–Crippen MR) is 85.4 cm³/mol. The van der Waals surface area contributed by atoms with Crippen LogP contribution in [0, 0.1) is 5.92 Å². The number of likely N-dealkylation sites (N-methyl/N-ethyl adjacent to an activating group) is 1. The smallest absolute Gasteiger partial charge is 0.123 e. The van der Waals surface area contributed by atoms with Crippen LogP contribution in [0.15, 0.2) is 24.3 Å². The van der Waals surface area contributed by atoms with Gasteiger partial charge in [0.2, 0.25) is 0 Å². The van der Waals surface area contributed by atoms with Crippen molar-refractivity contribution in [1.82, 2.24) is 4.90 Å². The standard InChI is InChI=1S/C18H29NO/c1-13(2)10-15-11-16(12-19(15)5)20-18-9-7-6-8-17(18)14(3)4/h6-9,13-16H,10-12H2,1-5H3/t15-,16?/m1/s1. The number of ether oxygens (including phenoxy) is 1. The monoisotopic (exact) mass is 275 g/mol. The van der Waals surface area contributed by atoms with Crippen molar-refractivity contribution in [3.05, 3.63) is 29.8 Å². The molecule has 2 heteroatoms. The van der Waals surface area contributed by atoms with Gasteiger partial charge in [0.25, 0.3) is 0 Å². The number of hydrogen-bond acceptors (Lipinski definition) is 2.